The fourth-order valence-corrected chi connectivity index (χ4v) is 2.69. The summed E-state index contributed by atoms with van der Waals surface area (Å²) in [7, 11) is 0. The largest absolute Gasteiger partial charge is 0.478 e. The lowest BCUT2D eigenvalue weighted by Gasteiger charge is -2.36. The van der Waals surface area contributed by atoms with Crippen molar-refractivity contribution in [3.63, 3.8) is 0 Å². The summed E-state index contributed by atoms with van der Waals surface area (Å²) < 4.78 is 5.40. The molecule has 1 aliphatic heterocycles. The Kier molecular flexibility index (Phi) is 6.73. The normalized spacial score (nSPS) is 15.4. The lowest BCUT2D eigenvalue weighted by Crippen LogP contribution is -2.55. The summed E-state index contributed by atoms with van der Waals surface area (Å²) >= 11 is 0. The minimum Gasteiger partial charge on any atom is -0.478 e. The SMILES string of the molecule is C=CC[C@H](NC(C)=O)C(=O)N1CCN(c2nccc(OCC)n2)CC1. The van der Waals surface area contributed by atoms with Crippen LogP contribution in [0, 0.1) is 0 Å². The van der Waals surface area contributed by atoms with Crippen molar-refractivity contribution in [2.24, 2.45) is 0 Å². The Morgan fingerprint density at radius 2 is 2.12 bits per heavy atom. The molecule has 25 heavy (non-hydrogen) atoms. The third-order valence-corrected chi connectivity index (χ3v) is 3.86. The van der Waals surface area contributed by atoms with E-state index in [2.05, 4.69) is 21.9 Å². The van der Waals surface area contributed by atoms with Crippen LogP contribution in [-0.2, 0) is 9.59 Å². The van der Waals surface area contributed by atoms with Gasteiger partial charge in [0.25, 0.3) is 0 Å². The van der Waals surface area contributed by atoms with E-state index < -0.39 is 6.04 Å². The number of rotatable bonds is 7. The van der Waals surface area contributed by atoms with Gasteiger partial charge in [0, 0.05) is 45.4 Å². The van der Waals surface area contributed by atoms with Gasteiger partial charge in [-0.05, 0) is 13.3 Å². The molecule has 1 atom stereocenters. The Hall–Kier alpha value is -2.64. The van der Waals surface area contributed by atoms with Crippen LogP contribution in [0.4, 0.5) is 5.95 Å². The van der Waals surface area contributed by atoms with Gasteiger partial charge in [0.2, 0.25) is 23.6 Å². The number of hydrogen-bond acceptors (Lipinski definition) is 6. The molecule has 2 amide bonds. The summed E-state index contributed by atoms with van der Waals surface area (Å²) in [6.07, 6.45) is 3.72. The van der Waals surface area contributed by atoms with E-state index in [1.54, 1.807) is 23.2 Å². The van der Waals surface area contributed by atoms with Crippen molar-refractivity contribution in [3.05, 3.63) is 24.9 Å². The number of ether oxygens (including phenoxy) is 1. The first kappa shape index (κ1) is 18.7. The van der Waals surface area contributed by atoms with Gasteiger partial charge in [-0.3, -0.25) is 9.59 Å². The number of aromatic nitrogens is 2. The van der Waals surface area contributed by atoms with Crippen molar-refractivity contribution >= 4 is 17.8 Å². The van der Waals surface area contributed by atoms with Crippen LogP contribution in [0.15, 0.2) is 24.9 Å². The van der Waals surface area contributed by atoms with Crippen molar-refractivity contribution in [2.75, 3.05) is 37.7 Å². The van der Waals surface area contributed by atoms with E-state index >= 15 is 0 Å². The second-order valence-electron chi connectivity index (χ2n) is 5.72. The highest BCUT2D eigenvalue weighted by Gasteiger charge is 2.28. The summed E-state index contributed by atoms with van der Waals surface area (Å²) in [5.41, 5.74) is 0. The van der Waals surface area contributed by atoms with Gasteiger partial charge in [0.05, 0.1) is 6.61 Å². The minimum absolute atomic E-state index is 0.0845. The fraction of sp³-hybridized carbons (Fsp3) is 0.529. The zero-order chi connectivity index (χ0) is 18.2. The molecule has 0 unspecified atom stereocenters. The molecule has 1 aliphatic rings. The number of carbonyl (C=O) groups is 2. The van der Waals surface area contributed by atoms with E-state index in [1.165, 1.54) is 6.92 Å². The van der Waals surface area contributed by atoms with Crippen molar-refractivity contribution < 1.29 is 14.3 Å². The van der Waals surface area contributed by atoms with Crippen LogP contribution >= 0.6 is 0 Å². The van der Waals surface area contributed by atoms with Gasteiger partial charge in [0.1, 0.15) is 6.04 Å². The molecule has 1 N–H and O–H groups in total. The Morgan fingerprint density at radius 1 is 1.40 bits per heavy atom. The summed E-state index contributed by atoms with van der Waals surface area (Å²) in [4.78, 5) is 36.3. The lowest BCUT2D eigenvalue weighted by atomic mass is 10.1. The van der Waals surface area contributed by atoms with Crippen LogP contribution in [0.2, 0.25) is 0 Å². The Balaban J connectivity index is 1.96. The average molecular weight is 347 g/mol. The number of amides is 2. The minimum atomic E-state index is -0.556. The second-order valence-corrected chi connectivity index (χ2v) is 5.72. The molecule has 0 aromatic carbocycles. The molecule has 2 rings (SSSR count). The monoisotopic (exact) mass is 347 g/mol. The van der Waals surface area contributed by atoms with Gasteiger partial charge >= 0.3 is 0 Å². The summed E-state index contributed by atoms with van der Waals surface area (Å²) in [6.45, 7) is 9.86. The molecular formula is C17H25N5O3. The fourth-order valence-electron chi connectivity index (χ4n) is 2.69. The number of piperazine rings is 1. The van der Waals surface area contributed by atoms with Crippen LogP contribution in [-0.4, -0.2) is 65.5 Å². The first-order valence-electron chi connectivity index (χ1n) is 8.42. The lowest BCUT2D eigenvalue weighted by molar-refractivity contribution is -0.136. The van der Waals surface area contributed by atoms with E-state index in [0.29, 0.717) is 51.0 Å². The molecule has 1 saturated heterocycles. The first-order valence-corrected chi connectivity index (χ1v) is 8.42. The summed E-state index contributed by atoms with van der Waals surface area (Å²) in [5.74, 6) is 0.837. The quantitative estimate of drug-likeness (QED) is 0.727. The molecule has 2 heterocycles. The van der Waals surface area contributed by atoms with Gasteiger partial charge in [0.15, 0.2) is 0 Å². The van der Waals surface area contributed by atoms with Gasteiger partial charge in [-0.15, -0.1) is 6.58 Å². The zero-order valence-electron chi connectivity index (χ0n) is 14.8. The maximum Gasteiger partial charge on any atom is 0.245 e. The third kappa shape index (κ3) is 5.17. The molecule has 0 spiro atoms. The topological polar surface area (TPSA) is 87.7 Å². The van der Waals surface area contributed by atoms with E-state index in [-0.39, 0.29) is 11.8 Å². The van der Waals surface area contributed by atoms with E-state index in [9.17, 15) is 9.59 Å². The number of carbonyl (C=O) groups excluding carboxylic acids is 2. The standard InChI is InChI=1S/C17H25N5O3/c1-4-6-14(19-13(3)23)16(24)21-9-11-22(12-10-21)17-18-8-7-15(20-17)25-5-2/h4,7-8,14H,1,5-6,9-12H2,2-3H3,(H,19,23)/t14-/m0/s1. The van der Waals surface area contributed by atoms with Crippen LogP contribution < -0.4 is 15.0 Å². The molecule has 0 radical (unpaired) electrons. The van der Waals surface area contributed by atoms with Gasteiger partial charge in [-0.2, -0.15) is 4.98 Å². The zero-order valence-corrected chi connectivity index (χ0v) is 14.8. The van der Waals surface area contributed by atoms with Crippen molar-refractivity contribution in [3.8, 4) is 5.88 Å². The van der Waals surface area contributed by atoms with Crippen LogP contribution in [0.5, 0.6) is 5.88 Å². The van der Waals surface area contributed by atoms with Crippen molar-refractivity contribution in [1.82, 2.24) is 20.2 Å². The van der Waals surface area contributed by atoms with Crippen molar-refractivity contribution in [2.45, 2.75) is 26.3 Å². The summed E-state index contributed by atoms with van der Waals surface area (Å²) in [5, 5.41) is 2.69. The summed E-state index contributed by atoms with van der Waals surface area (Å²) in [6, 6.07) is 1.17. The predicted molar refractivity (Wildman–Crippen MR) is 94.4 cm³/mol. The maximum atomic E-state index is 12.6. The second kappa shape index (κ2) is 9.00. The maximum absolute atomic E-state index is 12.6. The molecule has 8 heteroatoms. The molecule has 1 aromatic rings. The highest BCUT2D eigenvalue weighted by atomic mass is 16.5. The van der Waals surface area contributed by atoms with Crippen LogP contribution in [0.1, 0.15) is 20.3 Å². The third-order valence-electron chi connectivity index (χ3n) is 3.86. The molecule has 136 valence electrons. The molecule has 0 aliphatic carbocycles. The Labute approximate surface area is 147 Å². The molecule has 1 aromatic heterocycles. The van der Waals surface area contributed by atoms with Crippen LogP contribution in [0.3, 0.4) is 0 Å². The number of hydrogen-bond donors (Lipinski definition) is 1. The van der Waals surface area contributed by atoms with Gasteiger partial charge < -0.3 is 19.9 Å². The van der Waals surface area contributed by atoms with Gasteiger partial charge in [-0.1, -0.05) is 6.08 Å². The Morgan fingerprint density at radius 3 is 2.72 bits per heavy atom. The highest BCUT2D eigenvalue weighted by Crippen LogP contribution is 2.15. The predicted octanol–water partition coefficient (Wildman–Crippen LogP) is 0.605. The average Bonchev–Trinajstić information content (AvgIpc) is 2.61. The highest BCUT2D eigenvalue weighted by molar-refractivity contribution is 5.87. The number of anilines is 1. The molecule has 0 bridgehead atoms. The molecule has 8 nitrogen and oxygen atoms in total. The molecular weight excluding hydrogens is 322 g/mol. The number of nitrogens with zero attached hydrogens (tertiary/aromatic N) is 4. The first-order chi connectivity index (χ1) is 12.0. The van der Waals surface area contributed by atoms with Crippen LogP contribution in [0.25, 0.3) is 0 Å². The van der Waals surface area contributed by atoms with Crippen molar-refractivity contribution in [1.29, 1.82) is 0 Å². The van der Waals surface area contributed by atoms with E-state index in [1.807, 2.05) is 11.8 Å². The Bertz CT molecular complexity index is 614. The number of nitrogens with one attached hydrogen (secondary N) is 1. The van der Waals surface area contributed by atoms with Gasteiger partial charge in [-0.25, -0.2) is 4.98 Å². The van der Waals surface area contributed by atoms with E-state index in [4.69, 9.17) is 4.74 Å². The smallest absolute Gasteiger partial charge is 0.245 e. The molecule has 1 fully saturated rings. The molecule has 0 saturated carbocycles. The van der Waals surface area contributed by atoms with E-state index in [0.717, 1.165) is 0 Å².